The lowest BCUT2D eigenvalue weighted by molar-refractivity contribution is -0.902. The van der Waals surface area contributed by atoms with Crippen molar-refractivity contribution in [2.45, 2.75) is 19.8 Å². The van der Waals surface area contributed by atoms with Crippen LogP contribution in [0.1, 0.15) is 19.8 Å². The fraction of sp³-hybridized carbons (Fsp3) is 0.700. The molecule has 66 valence electrons. The molecular formula is C10H16NO+. The monoisotopic (exact) mass is 166 g/mol. The van der Waals surface area contributed by atoms with Gasteiger partial charge in [-0.05, 0) is 5.92 Å². The minimum absolute atomic E-state index is 0.257. The summed E-state index contributed by atoms with van der Waals surface area (Å²) in [5, 5.41) is 0. The molecule has 0 amide bonds. The number of terminal acetylenes is 1. The fourth-order valence-electron chi connectivity index (χ4n) is 2.04. The van der Waals surface area contributed by atoms with Gasteiger partial charge in [0.2, 0.25) is 0 Å². The minimum Gasteiger partial charge on any atom is -0.307 e. The Morgan fingerprint density at radius 2 is 2.08 bits per heavy atom. The van der Waals surface area contributed by atoms with Crippen molar-refractivity contribution in [2.24, 2.45) is 0 Å². The summed E-state index contributed by atoms with van der Waals surface area (Å²) >= 11 is 0. The van der Waals surface area contributed by atoms with Gasteiger partial charge in [0.25, 0.3) is 0 Å². The third-order valence-electron chi connectivity index (χ3n) is 2.50. The maximum atomic E-state index is 11.0. The maximum Gasteiger partial charge on any atom is 0.183 e. The van der Waals surface area contributed by atoms with Crippen LogP contribution in [0.15, 0.2) is 0 Å². The third-order valence-corrected chi connectivity index (χ3v) is 2.50. The van der Waals surface area contributed by atoms with E-state index in [1.807, 2.05) is 0 Å². The highest BCUT2D eigenvalue weighted by Crippen LogP contribution is 2.18. The van der Waals surface area contributed by atoms with Gasteiger partial charge in [0.05, 0.1) is 13.1 Å². The van der Waals surface area contributed by atoms with Gasteiger partial charge in [-0.1, -0.05) is 0 Å². The van der Waals surface area contributed by atoms with E-state index >= 15 is 0 Å². The molecule has 0 aliphatic carbocycles. The molecule has 0 aromatic rings. The molecule has 2 nitrogen and oxygen atoms in total. The predicted molar refractivity (Wildman–Crippen MR) is 48.5 cm³/mol. The second-order valence-corrected chi connectivity index (χ2v) is 3.72. The lowest BCUT2D eigenvalue weighted by Crippen LogP contribution is -2.48. The number of quaternary nitrogens is 1. The average Bonchev–Trinajstić information content (AvgIpc) is 2.36. The van der Waals surface area contributed by atoms with E-state index in [1.165, 1.54) is 12.8 Å². The summed E-state index contributed by atoms with van der Waals surface area (Å²) in [6, 6.07) is 0. The van der Waals surface area contributed by atoms with Crippen molar-refractivity contribution in [1.82, 2.24) is 0 Å². The molecule has 0 saturated carbocycles. The van der Waals surface area contributed by atoms with E-state index in [9.17, 15) is 4.79 Å². The third kappa shape index (κ3) is 2.09. The van der Waals surface area contributed by atoms with Gasteiger partial charge in [-0.3, -0.25) is 4.79 Å². The molecule has 1 heterocycles. The van der Waals surface area contributed by atoms with Crippen LogP contribution >= 0.6 is 0 Å². The van der Waals surface area contributed by atoms with Crippen LogP contribution in [0.2, 0.25) is 0 Å². The van der Waals surface area contributed by atoms with Gasteiger partial charge in [-0.25, -0.2) is 0 Å². The molecule has 0 spiro atoms. The average molecular weight is 166 g/mol. The number of Topliss-reactive ketones (excluding diaryl/α,β-unsaturated/α-hetero) is 1. The lowest BCUT2D eigenvalue weighted by atomic mass is 10.3. The van der Waals surface area contributed by atoms with Crippen LogP contribution in [0.4, 0.5) is 0 Å². The standard InChI is InChI=1S/C10H16NO/c1-3-6-11(9-10(2)12)7-4-5-8-11/h1H,4-9H2,2H3/q+1. The summed E-state index contributed by atoms with van der Waals surface area (Å²) in [5.74, 6) is 2.93. The van der Waals surface area contributed by atoms with E-state index in [2.05, 4.69) is 5.92 Å². The van der Waals surface area contributed by atoms with E-state index in [1.54, 1.807) is 6.92 Å². The Bertz CT molecular complexity index is 208. The zero-order valence-corrected chi connectivity index (χ0v) is 7.68. The van der Waals surface area contributed by atoms with E-state index in [0.29, 0.717) is 6.54 Å². The van der Waals surface area contributed by atoms with Gasteiger partial charge in [-0.15, -0.1) is 6.42 Å². The van der Waals surface area contributed by atoms with Crippen LogP contribution in [-0.4, -0.2) is 36.4 Å². The van der Waals surface area contributed by atoms with E-state index in [4.69, 9.17) is 6.42 Å². The van der Waals surface area contributed by atoms with Crippen molar-refractivity contribution in [1.29, 1.82) is 0 Å². The smallest absolute Gasteiger partial charge is 0.183 e. The van der Waals surface area contributed by atoms with E-state index in [-0.39, 0.29) is 5.78 Å². The lowest BCUT2D eigenvalue weighted by Gasteiger charge is -2.30. The molecule has 1 saturated heterocycles. The molecule has 0 atom stereocenters. The molecular weight excluding hydrogens is 150 g/mol. The SMILES string of the molecule is C#CC[N+]1(CC(C)=O)CCCC1. The number of carbonyl (C=O) groups is 1. The highest BCUT2D eigenvalue weighted by molar-refractivity contribution is 5.76. The van der Waals surface area contributed by atoms with Crippen LogP contribution in [0.25, 0.3) is 0 Å². The summed E-state index contributed by atoms with van der Waals surface area (Å²) in [4.78, 5) is 11.0. The Balaban J connectivity index is 2.59. The molecule has 1 aliphatic heterocycles. The first-order valence-electron chi connectivity index (χ1n) is 4.46. The zero-order chi connectivity index (χ0) is 9.03. The number of hydrogen-bond acceptors (Lipinski definition) is 1. The number of rotatable bonds is 3. The molecule has 12 heavy (non-hydrogen) atoms. The van der Waals surface area contributed by atoms with E-state index in [0.717, 1.165) is 24.1 Å². The Kier molecular flexibility index (Phi) is 2.88. The largest absolute Gasteiger partial charge is 0.307 e. The Morgan fingerprint density at radius 3 is 2.50 bits per heavy atom. The molecule has 1 aliphatic rings. The number of nitrogens with zero attached hydrogens (tertiary/aromatic N) is 1. The first kappa shape index (κ1) is 9.28. The quantitative estimate of drug-likeness (QED) is 0.448. The molecule has 0 aromatic heterocycles. The maximum absolute atomic E-state index is 11.0. The zero-order valence-electron chi connectivity index (χ0n) is 7.68. The van der Waals surface area contributed by atoms with Crippen LogP contribution in [0.3, 0.4) is 0 Å². The van der Waals surface area contributed by atoms with Crippen molar-refractivity contribution in [3.8, 4) is 12.3 Å². The van der Waals surface area contributed by atoms with Gasteiger partial charge < -0.3 is 4.48 Å². The van der Waals surface area contributed by atoms with Crippen molar-refractivity contribution in [2.75, 3.05) is 26.2 Å². The highest BCUT2D eigenvalue weighted by Gasteiger charge is 2.31. The predicted octanol–water partition coefficient (Wildman–Crippen LogP) is 0.819. The van der Waals surface area contributed by atoms with Gasteiger partial charge in [-0.2, -0.15) is 0 Å². The van der Waals surface area contributed by atoms with Gasteiger partial charge in [0.1, 0.15) is 13.1 Å². The topological polar surface area (TPSA) is 17.1 Å². The van der Waals surface area contributed by atoms with Gasteiger partial charge in [0.15, 0.2) is 5.78 Å². The van der Waals surface area contributed by atoms with Gasteiger partial charge >= 0.3 is 0 Å². The first-order chi connectivity index (χ1) is 5.68. The normalized spacial score (nSPS) is 20.3. The van der Waals surface area contributed by atoms with Crippen molar-refractivity contribution in [3.05, 3.63) is 0 Å². The van der Waals surface area contributed by atoms with Crippen molar-refractivity contribution >= 4 is 5.78 Å². The van der Waals surface area contributed by atoms with Gasteiger partial charge in [0, 0.05) is 19.8 Å². The summed E-state index contributed by atoms with van der Waals surface area (Å²) in [6.45, 7) is 5.17. The summed E-state index contributed by atoms with van der Waals surface area (Å²) in [6.07, 6.45) is 7.73. The second-order valence-electron chi connectivity index (χ2n) is 3.72. The summed E-state index contributed by atoms with van der Waals surface area (Å²) in [7, 11) is 0. The molecule has 0 N–H and O–H groups in total. The Morgan fingerprint density at radius 1 is 1.50 bits per heavy atom. The molecule has 0 radical (unpaired) electrons. The Labute approximate surface area is 74.1 Å². The summed E-state index contributed by atoms with van der Waals surface area (Å²) < 4.78 is 0.839. The first-order valence-corrected chi connectivity index (χ1v) is 4.46. The number of carbonyl (C=O) groups excluding carboxylic acids is 1. The number of likely N-dealkylation sites (tertiary alicyclic amines) is 1. The second kappa shape index (κ2) is 3.73. The van der Waals surface area contributed by atoms with Crippen molar-refractivity contribution < 1.29 is 9.28 Å². The van der Waals surface area contributed by atoms with Crippen LogP contribution in [-0.2, 0) is 4.79 Å². The number of hydrogen-bond donors (Lipinski definition) is 0. The molecule has 0 bridgehead atoms. The van der Waals surface area contributed by atoms with Crippen LogP contribution in [0.5, 0.6) is 0 Å². The van der Waals surface area contributed by atoms with Crippen LogP contribution < -0.4 is 0 Å². The molecule has 2 heteroatoms. The Hall–Kier alpha value is -0.810. The van der Waals surface area contributed by atoms with Crippen molar-refractivity contribution in [3.63, 3.8) is 0 Å². The molecule has 0 unspecified atom stereocenters. The highest BCUT2D eigenvalue weighted by atomic mass is 16.1. The minimum atomic E-state index is 0.257. The fourth-order valence-corrected chi connectivity index (χ4v) is 2.04. The molecule has 1 fully saturated rings. The van der Waals surface area contributed by atoms with Crippen LogP contribution in [0, 0.1) is 12.3 Å². The number of ketones is 1. The molecule has 0 aromatic carbocycles. The van der Waals surface area contributed by atoms with E-state index < -0.39 is 0 Å². The summed E-state index contributed by atoms with van der Waals surface area (Å²) in [5.41, 5.74) is 0. The molecule has 1 rings (SSSR count).